The molecular weight excluding hydrogens is 182 g/mol. The smallest absolute Gasteiger partial charge is 0.00895 e. The Bertz CT molecular complexity index is 255. The number of rotatable bonds is 2. The van der Waals surface area contributed by atoms with Crippen LogP contribution in [0.1, 0.15) is 32.1 Å². The van der Waals surface area contributed by atoms with E-state index in [0.717, 1.165) is 18.4 Å². The van der Waals surface area contributed by atoms with Crippen molar-refractivity contribution in [3.8, 4) is 0 Å². The van der Waals surface area contributed by atoms with Crippen molar-refractivity contribution in [1.29, 1.82) is 0 Å². The summed E-state index contributed by atoms with van der Waals surface area (Å²) in [5.41, 5.74) is 1.59. The molecule has 0 aliphatic heterocycles. The zero-order valence-electron chi connectivity index (χ0n) is 9.95. The van der Waals surface area contributed by atoms with Crippen LogP contribution in [0.2, 0.25) is 0 Å². The Morgan fingerprint density at radius 1 is 1.13 bits per heavy atom. The van der Waals surface area contributed by atoms with E-state index in [4.69, 9.17) is 0 Å². The summed E-state index contributed by atoms with van der Waals surface area (Å²) in [6, 6.07) is 0.820. The highest BCUT2D eigenvalue weighted by atomic mass is 15.1. The summed E-state index contributed by atoms with van der Waals surface area (Å²) < 4.78 is 0. The van der Waals surface area contributed by atoms with E-state index in [9.17, 15) is 0 Å². The summed E-state index contributed by atoms with van der Waals surface area (Å²) >= 11 is 0. The molecule has 0 unspecified atom stereocenters. The van der Waals surface area contributed by atoms with E-state index in [2.05, 4.69) is 43.6 Å². The quantitative estimate of drug-likeness (QED) is 0.667. The molecule has 83 valence electrons. The lowest BCUT2D eigenvalue weighted by Gasteiger charge is -2.34. The van der Waals surface area contributed by atoms with Gasteiger partial charge in [0.2, 0.25) is 0 Å². The van der Waals surface area contributed by atoms with Crippen molar-refractivity contribution in [3.63, 3.8) is 0 Å². The van der Waals surface area contributed by atoms with Crippen molar-refractivity contribution < 1.29 is 0 Å². The normalized spacial score (nSPS) is 31.8. The molecule has 2 aliphatic carbocycles. The van der Waals surface area contributed by atoms with Gasteiger partial charge in [-0.1, -0.05) is 23.8 Å². The third-order valence-electron chi connectivity index (χ3n) is 3.81. The minimum atomic E-state index is 0.820. The fraction of sp³-hybridized carbons (Fsp3) is 0.643. The largest absolute Gasteiger partial charge is 0.306 e. The first-order chi connectivity index (χ1) is 7.27. The lowest BCUT2D eigenvalue weighted by atomic mass is 9.79. The molecule has 2 rings (SSSR count). The Kier molecular flexibility index (Phi) is 3.63. The third-order valence-corrected chi connectivity index (χ3v) is 3.81. The number of allylic oxidation sites excluding steroid dienone is 4. The SMILES string of the molecule is CN(C)C1CCC(C2=CC=CC[CH]2)CC1. The van der Waals surface area contributed by atoms with Gasteiger partial charge in [-0.2, -0.15) is 0 Å². The zero-order valence-corrected chi connectivity index (χ0v) is 9.95. The third kappa shape index (κ3) is 2.72. The maximum Gasteiger partial charge on any atom is 0.00895 e. The maximum absolute atomic E-state index is 2.40. The van der Waals surface area contributed by atoms with E-state index in [-0.39, 0.29) is 0 Å². The molecule has 1 saturated carbocycles. The molecule has 1 fully saturated rings. The van der Waals surface area contributed by atoms with Crippen LogP contribution in [0.5, 0.6) is 0 Å². The molecule has 0 aromatic rings. The summed E-state index contributed by atoms with van der Waals surface area (Å²) in [6.45, 7) is 0. The highest BCUT2D eigenvalue weighted by Crippen LogP contribution is 2.34. The minimum absolute atomic E-state index is 0.820. The van der Waals surface area contributed by atoms with Crippen LogP contribution in [-0.4, -0.2) is 25.0 Å². The molecule has 2 aliphatic rings. The van der Waals surface area contributed by atoms with Crippen LogP contribution in [-0.2, 0) is 0 Å². The second-order valence-electron chi connectivity index (χ2n) is 5.00. The number of hydrogen-bond donors (Lipinski definition) is 0. The first-order valence-electron chi connectivity index (χ1n) is 6.13. The molecule has 1 radical (unpaired) electrons. The van der Waals surface area contributed by atoms with Crippen LogP contribution in [0.3, 0.4) is 0 Å². The molecule has 0 heterocycles. The van der Waals surface area contributed by atoms with Gasteiger partial charge in [-0.15, -0.1) is 0 Å². The van der Waals surface area contributed by atoms with Gasteiger partial charge in [0.05, 0.1) is 0 Å². The van der Waals surface area contributed by atoms with Crippen molar-refractivity contribution in [3.05, 3.63) is 30.2 Å². The number of nitrogens with zero attached hydrogens (tertiary/aromatic N) is 1. The highest BCUT2D eigenvalue weighted by Gasteiger charge is 2.24. The molecule has 0 spiro atoms. The van der Waals surface area contributed by atoms with Gasteiger partial charge in [0.15, 0.2) is 0 Å². The zero-order chi connectivity index (χ0) is 10.7. The lowest BCUT2D eigenvalue weighted by Crippen LogP contribution is -2.32. The molecule has 0 aromatic carbocycles. The van der Waals surface area contributed by atoms with Gasteiger partial charge in [-0.05, 0) is 58.5 Å². The Labute approximate surface area is 93.9 Å². The lowest BCUT2D eigenvalue weighted by molar-refractivity contribution is 0.206. The molecule has 0 bridgehead atoms. The van der Waals surface area contributed by atoms with E-state index in [1.54, 1.807) is 5.57 Å². The summed E-state index contributed by atoms with van der Waals surface area (Å²) in [6.07, 6.45) is 15.8. The van der Waals surface area contributed by atoms with Gasteiger partial charge in [-0.25, -0.2) is 0 Å². The van der Waals surface area contributed by atoms with E-state index < -0.39 is 0 Å². The van der Waals surface area contributed by atoms with Crippen molar-refractivity contribution >= 4 is 0 Å². The van der Waals surface area contributed by atoms with Gasteiger partial charge in [0.1, 0.15) is 0 Å². The Balaban J connectivity index is 1.87. The Morgan fingerprint density at radius 3 is 2.40 bits per heavy atom. The molecule has 0 saturated heterocycles. The second-order valence-corrected chi connectivity index (χ2v) is 5.00. The van der Waals surface area contributed by atoms with Crippen LogP contribution in [0, 0.1) is 12.3 Å². The Morgan fingerprint density at radius 2 is 1.87 bits per heavy atom. The topological polar surface area (TPSA) is 3.24 Å². The summed E-state index contributed by atoms with van der Waals surface area (Å²) in [5, 5.41) is 0. The van der Waals surface area contributed by atoms with Crippen molar-refractivity contribution in [1.82, 2.24) is 4.90 Å². The minimum Gasteiger partial charge on any atom is -0.306 e. The molecule has 15 heavy (non-hydrogen) atoms. The monoisotopic (exact) mass is 204 g/mol. The van der Waals surface area contributed by atoms with Crippen LogP contribution in [0.4, 0.5) is 0 Å². The molecule has 1 heteroatoms. The van der Waals surface area contributed by atoms with Crippen LogP contribution in [0.15, 0.2) is 23.8 Å². The van der Waals surface area contributed by atoms with E-state index in [1.807, 2.05) is 0 Å². The summed E-state index contributed by atoms with van der Waals surface area (Å²) in [5.74, 6) is 0.839. The van der Waals surface area contributed by atoms with Crippen molar-refractivity contribution in [2.24, 2.45) is 5.92 Å². The fourth-order valence-corrected chi connectivity index (χ4v) is 2.76. The predicted octanol–water partition coefficient (Wildman–Crippen LogP) is 3.20. The van der Waals surface area contributed by atoms with Gasteiger partial charge in [0.25, 0.3) is 0 Å². The summed E-state index contributed by atoms with van der Waals surface area (Å²) in [4.78, 5) is 2.38. The number of hydrogen-bond acceptors (Lipinski definition) is 1. The van der Waals surface area contributed by atoms with Crippen LogP contribution < -0.4 is 0 Å². The molecule has 0 amide bonds. The first kappa shape index (κ1) is 10.9. The second kappa shape index (κ2) is 4.98. The maximum atomic E-state index is 2.40. The molecular formula is C14H22N. The summed E-state index contributed by atoms with van der Waals surface area (Å²) in [7, 11) is 4.42. The Hall–Kier alpha value is -0.560. The average molecular weight is 204 g/mol. The molecule has 0 N–H and O–H groups in total. The standard InChI is InChI=1S/C14H22N/c1-15(2)14-10-8-13(9-11-14)12-6-4-3-5-7-12/h3-4,6-7,13-14H,5,8-11H2,1-2H3. The predicted molar refractivity (Wildman–Crippen MR) is 65.6 cm³/mol. The molecule has 0 aromatic heterocycles. The fourth-order valence-electron chi connectivity index (χ4n) is 2.76. The van der Waals surface area contributed by atoms with Crippen molar-refractivity contribution in [2.45, 2.75) is 38.1 Å². The average Bonchev–Trinajstić information content (AvgIpc) is 2.30. The van der Waals surface area contributed by atoms with Gasteiger partial charge < -0.3 is 4.90 Å². The van der Waals surface area contributed by atoms with Gasteiger partial charge >= 0.3 is 0 Å². The van der Waals surface area contributed by atoms with Crippen LogP contribution >= 0.6 is 0 Å². The van der Waals surface area contributed by atoms with Crippen molar-refractivity contribution in [2.75, 3.05) is 14.1 Å². The first-order valence-corrected chi connectivity index (χ1v) is 6.13. The van der Waals surface area contributed by atoms with E-state index in [1.165, 1.54) is 25.7 Å². The molecule has 1 nitrogen and oxygen atoms in total. The molecule has 0 atom stereocenters. The van der Waals surface area contributed by atoms with E-state index >= 15 is 0 Å². The van der Waals surface area contributed by atoms with Gasteiger partial charge in [0, 0.05) is 6.04 Å². The highest BCUT2D eigenvalue weighted by molar-refractivity contribution is 5.28. The van der Waals surface area contributed by atoms with E-state index in [0.29, 0.717) is 0 Å². The van der Waals surface area contributed by atoms with Gasteiger partial charge in [-0.3, -0.25) is 0 Å². The van der Waals surface area contributed by atoms with Crippen LogP contribution in [0.25, 0.3) is 0 Å².